The highest BCUT2D eigenvalue weighted by molar-refractivity contribution is 6.44. The lowest BCUT2D eigenvalue weighted by Crippen LogP contribution is -2.37. The first-order valence-electron chi connectivity index (χ1n) is 9.03. The third kappa shape index (κ3) is 4.23. The summed E-state index contributed by atoms with van der Waals surface area (Å²) in [6, 6.07) is 16.8. The summed E-state index contributed by atoms with van der Waals surface area (Å²) < 4.78 is 0. The Hall–Kier alpha value is -2.82. The van der Waals surface area contributed by atoms with E-state index in [4.69, 9.17) is 0 Å². The van der Waals surface area contributed by atoms with Crippen molar-refractivity contribution >= 4 is 28.9 Å². The Bertz CT molecular complexity index is 751. The second-order valence-electron chi connectivity index (χ2n) is 6.87. The molecule has 0 aromatic heterocycles. The van der Waals surface area contributed by atoms with Gasteiger partial charge in [0, 0.05) is 37.2 Å². The molecule has 0 saturated carbocycles. The third-order valence-electron chi connectivity index (χ3n) is 4.92. The van der Waals surface area contributed by atoms with Gasteiger partial charge < -0.3 is 15.1 Å². The highest BCUT2D eigenvalue weighted by Crippen LogP contribution is 2.24. The molecule has 0 bridgehead atoms. The lowest BCUT2D eigenvalue weighted by atomic mass is 9.99. The minimum Gasteiger partial charge on any atom is -0.372 e. The molecule has 26 heavy (non-hydrogen) atoms. The molecule has 2 aromatic rings. The van der Waals surface area contributed by atoms with Gasteiger partial charge in [0.2, 0.25) is 0 Å². The minimum absolute atomic E-state index is 0.592. The fourth-order valence-electron chi connectivity index (χ4n) is 3.13. The molecule has 0 atom stereocenters. The quantitative estimate of drug-likeness (QED) is 0.861. The fraction of sp³-hybridized carbons (Fsp3) is 0.333. The maximum atomic E-state index is 12.3. The smallest absolute Gasteiger partial charge is 0.316 e. The van der Waals surface area contributed by atoms with Gasteiger partial charge in [-0.2, -0.15) is 0 Å². The number of carbonyl (C=O) groups is 2. The Labute approximate surface area is 154 Å². The molecule has 2 aromatic carbocycles. The zero-order valence-electron chi connectivity index (χ0n) is 15.3. The molecule has 5 heteroatoms. The van der Waals surface area contributed by atoms with Crippen molar-refractivity contribution in [2.75, 3.05) is 35.3 Å². The van der Waals surface area contributed by atoms with Crippen LogP contribution in [0, 0.1) is 5.92 Å². The van der Waals surface area contributed by atoms with Crippen LogP contribution < -0.4 is 15.1 Å². The Morgan fingerprint density at radius 1 is 1.00 bits per heavy atom. The average molecular weight is 351 g/mol. The molecule has 1 aliphatic rings. The molecule has 0 radical (unpaired) electrons. The number of anilines is 3. The minimum atomic E-state index is -0.643. The fourth-order valence-corrected chi connectivity index (χ4v) is 3.13. The van der Waals surface area contributed by atoms with Crippen LogP contribution in [0.5, 0.6) is 0 Å². The van der Waals surface area contributed by atoms with E-state index in [9.17, 15) is 9.59 Å². The van der Waals surface area contributed by atoms with Gasteiger partial charge in [0.1, 0.15) is 0 Å². The number of amides is 2. The molecule has 3 rings (SSSR count). The van der Waals surface area contributed by atoms with Gasteiger partial charge >= 0.3 is 11.8 Å². The maximum Gasteiger partial charge on any atom is 0.316 e. The van der Waals surface area contributed by atoms with Crippen LogP contribution in [0.4, 0.5) is 17.1 Å². The Kier molecular flexibility index (Phi) is 5.56. The van der Waals surface area contributed by atoms with Gasteiger partial charge in [-0.3, -0.25) is 9.59 Å². The van der Waals surface area contributed by atoms with Crippen molar-refractivity contribution in [3.63, 3.8) is 0 Å². The van der Waals surface area contributed by atoms with Crippen LogP contribution in [0.3, 0.4) is 0 Å². The standard InChI is InChI=1S/C21H25N3O2/c1-16-12-14-24(15-13-16)19-10-8-17(9-11-19)22-20(25)21(26)23(2)18-6-4-3-5-7-18/h3-11,16H,12-15H2,1-2H3,(H,22,25). The summed E-state index contributed by atoms with van der Waals surface area (Å²) in [5.41, 5.74) is 2.46. The number of likely N-dealkylation sites (N-methyl/N-ethyl adjacent to an activating group) is 1. The molecular weight excluding hydrogens is 326 g/mol. The molecule has 0 unspecified atom stereocenters. The van der Waals surface area contributed by atoms with Crippen LogP contribution in [0.1, 0.15) is 19.8 Å². The first-order chi connectivity index (χ1) is 12.5. The average Bonchev–Trinajstić information content (AvgIpc) is 2.69. The predicted octanol–water partition coefficient (Wildman–Crippen LogP) is 3.52. The molecule has 2 amide bonds. The van der Waals surface area contributed by atoms with E-state index < -0.39 is 11.8 Å². The number of nitrogens with zero attached hydrogens (tertiary/aromatic N) is 2. The maximum absolute atomic E-state index is 12.3. The van der Waals surface area contributed by atoms with E-state index in [0.29, 0.717) is 11.4 Å². The number of piperidine rings is 1. The Morgan fingerprint density at radius 2 is 1.62 bits per heavy atom. The van der Waals surface area contributed by atoms with Crippen LogP contribution in [0.15, 0.2) is 54.6 Å². The van der Waals surface area contributed by atoms with Crippen LogP contribution in [-0.4, -0.2) is 32.0 Å². The zero-order chi connectivity index (χ0) is 18.5. The van der Waals surface area contributed by atoms with E-state index >= 15 is 0 Å². The monoisotopic (exact) mass is 351 g/mol. The van der Waals surface area contributed by atoms with E-state index in [1.807, 2.05) is 42.5 Å². The van der Waals surface area contributed by atoms with E-state index in [2.05, 4.69) is 17.1 Å². The van der Waals surface area contributed by atoms with E-state index in [1.165, 1.54) is 17.7 Å². The van der Waals surface area contributed by atoms with Gasteiger partial charge in [-0.15, -0.1) is 0 Å². The molecule has 5 nitrogen and oxygen atoms in total. The number of hydrogen-bond donors (Lipinski definition) is 1. The molecule has 136 valence electrons. The number of benzene rings is 2. The Balaban J connectivity index is 1.60. The molecule has 0 spiro atoms. The summed E-state index contributed by atoms with van der Waals surface area (Å²) in [7, 11) is 1.59. The van der Waals surface area contributed by atoms with Crippen molar-refractivity contribution in [2.24, 2.45) is 5.92 Å². The zero-order valence-corrected chi connectivity index (χ0v) is 15.3. The molecule has 1 aliphatic heterocycles. The lowest BCUT2D eigenvalue weighted by molar-refractivity contribution is -0.134. The predicted molar refractivity (Wildman–Crippen MR) is 106 cm³/mol. The molecule has 0 aliphatic carbocycles. The van der Waals surface area contributed by atoms with E-state index in [0.717, 1.165) is 24.7 Å². The van der Waals surface area contributed by atoms with Gasteiger partial charge in [0.05, 0.1) is 0 Å². The Morgan fingerprint density at radius 3 is 2.23 bits per heavy atom. The topological polar surface area (TPSA) is 52.7 Å². The second kappa shape index (κ2) is 8.04. The molecule has 1 saturated heterocycles. The summed E-state index contributed by atoms with van der Waals surface area (Å²) in [5, 5.41) is 2.68. The van der Waals surface area contributed by atoms with Gasteiger partial charge in [-0.05, 0) is 55.2 Å². The summed E-state index contributed by atoms with van der Waals surface area (Å²) in [6.07, 6.45) is 2.41. The molecule has 1 fully saturated rings. The number of hydrogen-bond acceptors (Lipinski definition) is 3. The van der Waals surface area contributed by atoms with Crippen molar-refractivity contribution in [3.05, 3.63) is 54.6 Å². The van der Waals surface area contributed by atoms with Crippen LogP contribution in [0.2, 0.25) is 0 Å². The first kappa shape index (κ1) is 18.0. The number of carbonyl (C=O) groups excluding carboxylic acids is 2. The second-order valence-corrected chi connectivity index (χ2v) is 6.87. The summed E-state index contributed by atoms with van der Waals surface area (Å²) >= 11 is 0. The SMILES string of the molecule is CC1CCN(c2ccc(NC(=O)C(=O)N(C)c3ccccc3)cc2)CC1. The normalized spacial score (nSPS) is 14.8. The van der Waals surface area contributed by atoms with Crippen LogP contribution >= 0.6 is 0 Å². The number of para-hydroxylation sites is 1. The summed E-state index contributed by atoms with van der Waals surface area (Å²) in [4.78, 5) is 28.2. The number of rotatable bonds is 3. The van der Waals surface area contributed by atoms with Crippen LogP contribution in [-0.2, 0) is 9.59 Å². The molecule has 1 N–H and O–H groups in total. The van der Waals surface area contributed by atoms with E-state index in [1.54, 1.807) is 19.2 Å². The molecular formula is C21H25N3O2. The molecule has 1 heterocycles. The van der Waals surface area contributed by atoms with Gasteiger partial charge in [0.15, 0.2) is 0 Å². The van der Waals surface area contributed by atoms with Crippen molar-refractivity contribution in [1.82, 2.24) is 0 Å². The van der Waals surface area contributed by atoms with Gasteiger partial charge in [-0.1, -0.05) is 25.1 Å². The first-order valence-corrected chi connectivity index (χ1v) is 9.03. The van der Waals surface area contributed by atoms with Crippen molar-refractivity contribution in [3.8, 4) is 0 Å². The van der Waals surface area contributed by atoms with Crippen molar-refractivity contribution in [1.29, 1.82) is 0 Å². The largest absolute Gasteiger partial charge is 0.372 e. The summed E-state index contributed by atoms with van der Waals surface area (Å²) in [6.45, 7) is 4.42. The van der Waals surface area contributed by atoms with Crippen LogP contribution in [0.25, 0.3) is 0 Å². The van der Waals surface area contributed by atoms with Crippen molar-refractivity contribution in [2.45, 2.75) is 19.8 Å². The van der Waals surface area contributed by atoms with E-state index in [-0.39, 0.29) is 0 Å². The highest BCUT2D eigenvalue weighted by Gasteiger charge is 2.20. The third-order valence-corrected chi connectivity index (χ3v) is 4.92. The van der Waals surface area contributed by atoms with Gasteiger partial charge in [-0.25, -0.2) is 0 Å². The lowest BCUT2D eigenvalue weighted by Gasteiger charge is -2.32. The number of nitrogens with one attached hydrogen (secondary N) is 1. The van der Waals surface area contributed by atoms with Gasteiger partial charge in [0.25, 0.3) is 0 Å². The van der Waals surface area contributed by atoms with Crippen molar-refractivity contribution < 1.29 is 9.59 Å². The highest BCUT2D eigenvalue weighted by atomic mass is 16.2. The summed E-state index contributed by atoms with van der Waals surface area (Å²) in [5.74, 6) is -0.446.